The summed E-state index contributed by atoms with van der Waals surface area (Å²) in [5.41, 5.74) is 0. The van der Waals surface area contributed by atoms with Crippen molar-refractivity contribution in [1.82, 2.24) is 5.32 Å². The lowest BCUT2D eigenvalue weighted by Gasteiger charge is -2.12. The van der Waals surface area contributed by atoms with Crippen molar-refractivity contribution in [2.75, 3.05) is 26.3 Å². The summed E-state index contributed by atoms with van der Waals surface area (Å²) in [4.78, 5) is 0. The smallest absolute Gasteiger partial charge is 0.0897 e. The van der Waals surface area contributed by atoms with E-state index in [1.165, 1.54) is 0 Å². The lowest BCUT2D eigenvalue weighted by atomic mass is 10.2. The monoisotopic (exact) mass is 175 g/mol. The molecule has 3 nitrogen and oxygen atoms in total. The molecule has 0 aliphatic rings. The zero-order chi connectivity index (χ0) is 9.40. The van der Waals surface area contributed by atoms with Gasteiger partial charge in [-0.15, -0.1) is 0 Å². The summed E-state index contributed by atoms with van der Waals surface area (Å²) in [6.07, 6.45) is -0.372. The SMILES string of the molecule is CCOCC(O)CNCC(C)C. The topological polar surface area (TPSA) is 41.5 Å². The molecule has 0 fully saturated rings. The Morgan fingerprint density at radius 3 is 2.50 bits per heavy atom. The maximum Gasteiger partial charge on any atom is 0.0897 e. The normalized spacial score (nSPS) is 13.8. The number of hydrogen-bond acceptors (Lipinski definition) is 3. The summed E-state index contributed by atoms with van der Waals surface area (Å²) in [5, 5.41) is 12.5. The molecular weight excluding hydrogens is 154 g/mol. The zero-order valence-corrected chi connectivity index (χ0v) is 8.34. The molecule has 0 aromatic heterocycles. The van der Waals surface area contributed by atoms with E-state index in [-0.39, 0.29) is 6.10 Å². The van der Waals surface area contributed by atoms with Crippen LogP contribution in [0.25, 0.3) is 0 Å². The summed E-state index contributed by atoms with van der Waals surface area (Å²) in [6, 6.07) is 0. The fraction of sp³-hybridized carbons (Fsp3) is 1.00. The van der Waals surface area contributed by atoms with Gasteiger partial charge in [0.05, 0.1) is 12.7 Å². The van der Waals surface area contributed by atoms with Gasteiger partial charge in [0, 0.05) is 13.2 Å². The van der Waals surface area contributed by atoms with Crippen molar-refractivity contribution in [3.8, 4) is 0 Å². The second-order valence-electron chi connectivity index (χ2n) is 3.37. The third-order valence-electron chi connectivity index (χ3n) is 1.45. The first-order valence-corrected chi connectivity index (χ1v) is 4.63. The minimum absolute atomic E-state index is 0.372. The fourth-order valence-corrected chi connectivity index (χ4v) is 0.851. The van der Waals surface area contributed by atoms with Gasteiger partial charge in [-0.25, -0.2) is 0 Å². The third kappa shape index (κ3) is 7.98. The van der Waals surface area contributed by atoms with Crippen molar-refractivity contribution in [2.45, 2.75) is 26.9 Å². The molecule has 74 valence electrons. The Hall–Kier alpha value is -0.120. The molecule has 0 aliphatic heterocycles. The van der Waals surface area contributed by atoms with E-state index < -0.39 is 0 Å². The Morgan fingerprint density at radius 2 is 2.00 bits per heavy atom. The van der Waals surface area contributed by atoms with Crippen LogP contribution in [0, 0.1) is 5.92 Å². The van der Waals surface area contributed by atoms with Gasteiger partial charge in [-0.3, -0.25) is 0 Å². The van der Waals surface area contributed by atoms with Gasteiger partial charge in [0.25, 0.3) is 0 Å². The van der Waals surface area contributed by atoms with Gasteiger partial charge in [-0.1, -0.05) is 13.8 Å². The number of aliphatic hydroxyl groups excluding tert-OH is 1. The molecule has 1 atom stereocenters. The van der Waals surface area contributed by atoms with E-state index >= 15 is 0 Å². The van der Waals surface area contributed by atoms with Crippen molar-refractivity contribution >= 4 is 0 Å². The first-order valence-electron chi connectivity index (χ1n) is 4.63. The summed E-state index contributed by atoms with van der Waals surface area (Å²) >= 11 is 0. The molecule has 0 saturated heterocycles. The highest BCUT2D eigenvalue weighted by Gasteiger charge is 2.02. The maximum absolute atomic E-state index is 9.31. The van der Waals surface area contributed by atoms with Gasteiger partial charge >= 0.3 is 0 Å². The molecule has 0 spiro atoms. The minimum atomic E-state index is -0.372. The number of ether oxygens (including phenoxy) is 1. The number of hydrogen-bond donors (Lipinski definition) is 2. The Bertz CT molecular complexity index is 96.5. The molecule has 0 rings (SSSR count). The van der Waals surface area contributed by atoms with E-state index in [1.54, 1.807) is 0 Å². The van der Waals surface area contributed by atoms with Gasteiger partial charge in [-0.2, -0.15) is 0 Å². The Morgan fingerprint density at radius 1 is 1.33 bits per heavy atom. The van der Waals surface area contributed by atoms with Crippen molar-refractivity contribution < 1.29 is 9.84 Å². The molecule has 0 aromatic rings. The lowest BCUT2D eigenvalue weighted by molar-refractivity contribution is 0.0426. The van der Waals surface area contributed by atoms with E-state index in [0.29, 0.717) is 25.7 Å². The molecule has 0 radical (unpaired) electrons. The van der Waals surface area contributed by atoms with Crippen molar-refractivity contribution in [3.05, 3.63) is 0 Å². The molecule has 1 unspecified atom stereocenters. The van der Waals surface area contributed by atoms with E-state index in [2.05, 4.69) is 19.2 Å². The Labute approximate surface area is 75.1 Å². The predicted octanol–water partition coefficient (Wildman–Crippen LogP) is 0.629. The van der Waals surface area contributed by atoms with Gasteiger partial charge in [0.1, 0.15) is 0 Å². The fourth-order valence-electron chi connectivity index (χ4n) is 0.851. The van der Waals surface area contributed by atoms with Crippen LogP contribution in [0.5, 0.6) is 0 Å². The number of aliphatic hydroxyl groups is 1. The molecule has 0 aromatic carbocycles. The Balaban J connectivity index is 3.13. The van der Waals surface area contributed by atoms with Crippen LogP contribution in [-0.2, 0) is 4.74 Å². The largest absolute Gasteiger partial charge is 0.389 e. The average molecular weight is 175 g/mol. The van der Waals surface area contributed by atoms with Gasteiger partial charge in [0.15, 0.2) is 0 Å². The van der Waals surface area contributed by atoms with Crippen LogP contribution in [0.3, 0.4) is 0 Å². The molecule has 3 heteroatoms. The van der Waals surface area contributed by atoms with Gasteiger partial charge in [-0.05, 0) is 19.4 Å². The lowest BCUT2D eigenvalue weighted by Crippen LogP contribution is -2.32. The second-order valence-corrected chi connectivity index (χ2v) is 3.37. The van der Waals surface area contributed by atoms with Crippen LogP contribution in [0.1, 0.15) is 20.8 Å². The second kappa shape index (κ2) is 7.53. The minimum Gasteiger partial charge on any atom is -0.389 e. The molecule has 12 heavy (non-hydrogen) atoms. The van der Waals surface area contributed by atoms with E-state index in [0.717, 1.165) is 6.54 Å². The Kier molecular flexibility index (Phi) is 7.45. The molecule has 0 saturated carbocycles. The van der Waals surface area contributed by atoms with Crippen molar-refractivity contribution in [3.63, 3.8) is 0 Å². The molecule has 0 amide bonds. The van der Waals surface area contributed by atoms with Crippen LogP contribution < -0.4 is 5.32 Å². The van der Waals surface area contributed by atoms with Gasteiger partial charge < -0.3 is 15.2 Å². The molecular formula is C9H21NO2. The molecule has 0 aliphatic carbocycles. The van der Waals surface area contributed by atoms with Crippen LogP contribution in [0.2, 0.25) is 0 Å². The van der Waals surface area contributed by atoms with E-state index in [9.17, 15) is 5.11 Å². The third-order valence-corrected chi connectivity index (χ3v) is 1.45. The number of rotatable bonds is 7. The quantitative estimate of drug-likeness (QED) is 0.596. The summed E-state index contributed by atoms with van der Waals surface area (Å²) in [6.45, 7) is 8.88. The predicted molar refractivity (Wildman–Crippen MR) is 50.2 cm³/mol. The first kappa shape index (κ1) is 11.9. The maximum atomic E-state index is 9.31. The van der Waals surface area contributed by atoms with Crippen LogP contribution in [0.15, 0.2) is 0 Å². The van der Waals surface area contributed by atoms with Crippen LogP contribution in [-0.4, -0.2) is 37.5 Å². The van der Waals surface area contributed by atoms with Crippen LogP contribution >= 0.6 is 0 Å². The van der Waals surface area contributed by atoms with E-state index in [1.807, 2.05) is 6.92 Å². The standard InChI is InChI=1S/C9H21NO2/c1-4-12-7-9(11)6-10-5-8(2)3/h8-11H,4-7H2,1-3H3. The number of nitrogens with one attached hydrogen (secondary N) is 1. The molecule has 0 heterocycles. The first-order chi connectivity index (χ1) is 5.66. The highest BCUT2D eigenvalue weighted by molar-refractivity contribution is 4.59. The van der Waals surface area contributed by atoms with Crippen molar-refractivity contribution in [1.29, 1.82) is 0 Å². The van der Waals surface area contributed by atoms with E-state index in [4.69, 9.17) is 4.74 Å². The molecule has 0 bridgehead atoms. The zero-order valence-electron chi connectivity index (χ0n) is 8.34. The van der Waals surface area contributed by atoms with Crippen LogP contribution in [0.4, 0.5) is 0 Å². The van der Waals surface area contributed by atoms with Gasteiger partial charge in [0.2, 0.25) is 0 Å². The molecule has 2 N–H and O–H groups in total. The summed E-state index contributed by atoms with van der Waals surface area (Å²) in [7, 11) is 0. The average Bonchev–Trinajstić information content (AvgIpc) is 2.00. The highest BCUT2D eigenvalue weighted by Crippen LogP contribution is 1.88. The van der Waals surface area contributed by atoms with Crippen molar-refractivity contribution in [2.24, 2.45) is 5.92 Å². The summed E-state index contributed by atoms with van der Waals surface area (Å²) in [5.74, 6) is 0.629. The highest BCUT2D eigenvalue weighted by atomic mass is 16.5. The summed E-state index contributed by atoms with van der Waals surface area (Å²) < 4.78 is 5.06.